The average Bonchev–Trinajstić information content (AvgIpc) is 2.92. The molecular formula is C36H49BO3. The van der Waals surface area contributed by atoms with Crippen LogP contribution < -0.4 is 5.46 Å². The molecule has 4 fully saturated rings. The molecule has 4 aliphatic carbocycles. The second-order valence-corrected chi connectivity index (χ2v) is 13.7. The highest BCUT2D eigenvalue weighted by Gasteiger charge is 2.52. The van der Waals surface area contributed by atoms with Crippen molar-refractivity contribution in [3.8, 4) is 0 Å². The van der Waals surface area contributed by atoms with Gasteiger partial charge in [-0.1, -0.05) is 63.8 Å². The lowest BCUT2D eigenvalue weighted by Gasteiger charge is -2.57. The first kappa shape index (κ1) is 29.2. The predicted octanol–water partition coefficient (Wildman–Crippen LogP) is 8.73. The highest BCUT2D eigenvalue weighted by Crippen LogP contribution is 2.63. The van der Waals surface area contributed by atoms with Crippen LogP contribution in [0.15, 0.2) is 66.5 Å². The lowest BCUT2D eigenvalue weighted by molar-refractivity contribution is -0.0309. The third kappa shape index (κ3) is 5.59. The maximum atomic E-state index is 6.39. The molecule has 0 unspecified atom stereocenters. The van der Waals surface area contributed by atoms with Gasteiger partial charge in [0.25, 0.3) is 0 Å². The van der Waals surface area contributed by atoms with E-state index in [0.29, 0.717) is 5.92 Å². The molecule has 0 aliphatic heterocycles. The highest BCUT2D eigenvalue weighted by atomic mass is 16.6. The van der Waals surface area contributed by atoms with Crippen molar-refractivity contribution in [2.75, 3.05) is 14.2 Å². The van der Waals surface area contributed by atoms with Crippen LogP contribution in [0.2, 0.25) is 0 Å². The van der Waals surface area contributed by atoms with Crippen molar-refractivity contribution in [2.24, 2.45) is 29.1 Å². The Morgan fingerprint density at radius 1 is 1.00 bits per heavy atom. The number of hydrogen-bond acceptors (Lipinski definition) is 3. The average molecular weight is 541 g/mol. The molecule has 4 aliphatic rings. The Labute approximate surface area is 243 Å². The van der Waals surface area contributed by atoms with Crippen LogP contribution in [-0.4, -0.2) is 26.9 Å². The van der Waals surface area contributed by atoms with Gasteiger partial charge in [-0.05, 0) is 127 Å². The first-order chi connectivity index (χ1) is 19.1. The SMILES string of the molecule is C=C/C(=C\C(=C(/CC)OC)C12CC3CC(CC(C3)C1)C2)c1ccc2cc(B(OC)OC(C)(C)C(C)C)ccc2c1. The molecule has 4 saturated carbocycles. The molecule has 4 heteroatoms. The molecule has 214 valence electrons. The van der Waals surface area contributed by atoms with Gasteiger partial charge in [-0.2, -0.15) is 0 Å². The second kappa shape index (κ2) is 11.5. The number of methoxy groups -OCH3 is 1. The molecule has 40 heavy (non-hydrogen) atoms. The van der Waals surface area contributed by atoms with Gasteiger partial charge < -0.3 is 14.0 Å². The summed E-state index contributed by atoms with van der Waals surface area (Å²) in [6.45, 7) is 15.1. The first-order valence-electron chi connectivity index (χ1n) is 15.5. The third-order valence-electron chi connectivity index (χ3n) is 10.5. The summed E-state index contributed by atoms with van der Waals surface area (Å²) in [5.41, 5.74) is 4.83. The third-order valence-corrected chi connectivity index (χ3v) is 10.5. The van der Waals surface area contributed by atoms with Crippen molar-refractivity contribution in [2.45, 2.75) is 85.2 Å². The summed E-state index contributed by atoms with van der Waals surface area (Å²) in [7, 11) is 3.17. The van der Waals surface area contributed by atoms with Crippen LogP contribution in [0.3, 0.4) is 0 Å². The Balaban J connectivity index is 1.49. The fourth-order valence-electron chi connectivity index (χ4n) is 8.08. The van der Waals surface area contributed by atoms with E-state index in [2.05, 4.69) is 83.7 Å². The Hall–Kier alpha value is -2.30. The molecule has 2 aromatic rings. The molecule has 0 spiro atoms. The summed E-state index contributed by atoms with van der Waals surface area (Å²) in [6.07, 6.45) is 13.7. The van der Waals surface area contributed by atoms with E-state index >= 15 is 0 Å². The maximum Gasteiger partial charge on any atom is 0.494 e. The van der Waals surface area contributed by atoms with Crippen molar-refractivity contribution in [3.63, 3.8) is 0 Å². The fourth-order valence-corrected chi connectivity index (χ4v) is 8.08. The largest absolute Gasteiger partial charge is 0.501 e. The van der Waals surface area contributed by atoms with Gasteiger partial charge in [0.05, 0.1) is 18.5 Å². The van der Waals surface area contributed by atoms with E-state index in [-0.39, 0.29) is 11.0 Å². The van der Waals surface area contributed by atoms with Crippen LogP contribution in [0.1, 0.15) is 85.1 Å². The minimum absolute atomic E-state index is 0.259. The monoisotopic (exact) mass is 540 g/mol. The Kier molecular flexibility index (Phi) is 8.42. The van der Waals surface area contributed by atoms with Gasteiger partial charge in [0.15, 0.2) is 0 Å². The molecule has 0 saturated heterocycles. The summed E-state index contributed by atoms with van der Waals surface area (Å²) in [4.78, 5) is 0. The molecule has 0 atom stereocenters. The first-order valence-corrected chi connectivity index (χ1v) is 15.5. The fraction of sp³-hybridized carbons (Fsp3) is 0.556. The zero-order valence-electron chi connectivity index (χ0n) is 25.9. The van der Waals surface area contributed by atoms with Gasteiger partial charge in [0.1, 0.15) is 0 Å². The van der Waals surface area contributed by atoms with Gasteiger partial charge in [-0.15, -0.1) is 0 Å². The Morgan fingerprint density at radius 2 is 1.60 bits per heavy atom. The molecule has 3 nitrogen and oxygen atoms in total. The van der Waals surface area contributed by atoms with Crippen molar-refractivity contribution in [1.82, 2.24) is 0 Å². The minimum Gasteiger partial charge on any atom is -0.501 e. The van der Waals surface area contributed by atoms with E-state index in [1.54, 1.807) is 7.11 Å². The Bertz CT molecular complexity index is 1260. The molecule has 2 aromatic carbocycles. The highest BCUT2D eigenvalue weighted by molar-refractivity contribution is 6.61. The topological polar surface area (TPSA) is 27.7 Å². The summed E-state index contributed by atoms with van der Waals surface area (Å²) in [5.74, 6) is 4.19. The van der Waals surface area contributed by atoms with Crippen LogP contribution >= 0.6 is 0 Å². The second-order valence-electron chi connectivity index (χ2n) is 13.7. The summed E-state index contributed by atoms with van der Waals surface area (Å²) < 4.78 is 18.2. The molecule has 0 radical (unpaired) electrons. The number of rotatable bonds is 11. The predicted molar refractivity (Wildman–Crippen MR) is 169 cm³/mol. The van der Waals surface area contributed by atoms with Crippen LogP contribution in [0.4, 0.5) is 0 Å². The van der Waals surface area contributed by atoms with Crippen LogP contribution in [-0.2, 0) is 14.0 Å². The van der Waals surface area contributed by atoms with Gasteiger partial charge in [0.2, 0.25) is 0 Å². The molecule has 4 bridgehead atoms. The van der Waals surface area contributed by atoms with Crippen LogP contribution in [0.25, 0.3) is 16.3 Å². The van der Waals surface area contributed by atoms with E-state index in [4.69, 9.17) is 14.0 Å². The van der Waals surface area contributed by atoms with E-state index in [0.717, 1.165) is 35.4 Å². The molecule has 0 aromatic heterocycles. The van der Waals surface area contributed by atoms with Gasteiger partial charge in [-0.3, -0.25) is 0 Å². The quantitative estimate of drug-likeness (QED) is 0.162. The Morgan fingerprint density at radius 3 is 2.12 bits per heavy atom. The van der Waals surface area contributed by atoms with Crippen molar-refractivity contribution in [1.29, 1.82) is 0 Å². The smallest absolute Gasteiger partial charge is 0.494 e. The van der Waals surface area contributed by atoms with E-state index in [9.17, 15) is 0 Å². The molecule has 0 N–H and O–H groups in total. The van der Waals surface area contributed by atoms with Crippen LogP contribution in [0, 0.1) is 29.1 Å². The summed E-state index contributed by atoms with van der Waals surface area (Å²) in [6, 6.07) is 13.3. The van der Waals surface area contributed by atoms with Crippen molar-refractivity contribution < 1.29 is 14.0 Å². The molecule has 0 amide bonds. The van der Waals surface area contributed by atoms with E-state index < -0.39 is 7.12 Å². The number of hydrogen-bond donors (Lipinski definition) is 0. The van der Waals surface area contributed by atoms with Crippen molar-refractivity contribution in [3.05, 3.63) is 72.0 Å². The van der Waals surface area contributed by atoms with E-state index in [1.807, 2.05) is 13.2 Å². The number of fused-ring (bicyclic) bond motifs is 1. The lowest BCUT2D eigenvalue weighted by atomic mass is 9.47. The molecule has 0 heterocycles. The number of allylic oxidation sites excluding steroid dienone is 5. The standard InChI is InChI=1S/C36H49BO3/c1-9-28(20-33(34(10-2)38-7)36-21-25-15-26(22-36)17-27(16-25)23-36)29-11-12-31-19-32(14-13-30(31)18-29)37(39-8)40-35(5,6)24(3)4/h9,11-14,18-20,24-27H,1,10,15-17,21-23H2,2-8H3/b28-20+,34-33-. The minimum atomic E-state index is -0.403. The van der Waals surface area contributed by atoms with Crippen molar-refractivity contribution >= 4 is 28.9 Å². The van der Waals surface area contributed by atoms with Gasteiger partial charge in [0, 0.05) is 13.5 Å². The van der Waals surface area contributed by atoms with Gasteiger partial charge in [-0.25, -0.2) is 0 Å². The van der Waals surface area contributed by atoms with E-state index in [1.165, 1.54) is 66.0 Å². The lowest BCUT2D eigenvalue weighted by Crippen LogP contribution is -2.47. The zero-order chi connectivity index (χ0) is 28.7. The maximum absolute atomic E-state index is 6.39. The summed E-state index contributed by atoms with van der Waals surface area (Å²) in [5, 5.41) is 2.38. The normalized spacial score (nSPS) is 26.8. The van der Waals surface area contributed by atoms with Crippen LogP contribution in [0.5, 0.6) is 0 Å². The number of ether oxygens (including phenoxy) is 1. The number of benzene rings is 2. The zero-order valence-corrected chi connectivity index (χ0v) is 25.9. The molecular weight excluding hydrogens is 491 g/mol. The van der Waals surface area contributed by atoms with Gasteiger partial charge >= 0.3 is 7.12 Å². The summed E-state index contributed by atoms with van der Waals surface area (Å²) >= 11 is 0. The molecule has 6 rings (SSSR count).